The number of rotatable bonds is 23. The summed E-state index contributed by atoms with van der Waals surface area (Å²) in [7, 11) is 1.55. The number of thiol groups is 1. The van der Waals surface area contributed by atoms with Crippen LogP contribution in [0.4, 0.5) is 0 Å². The lowest BCUT2D eigenvalue weighted by Gasteiger charge is -2.32. The molecule has 0 atom stereocenters. The predicted octanol–water partition coefficient (Wildman–Crippen LogP) is 5.55. The van der Waals surface area contributed by atoms with Gasteiger partial charge >= 0.3 is 17.6 Å². The first-order chi connectivity index (χ1) is 15.3. The summed E-state index contributed by atoms with van der Waals surface area (Å²) in [6, 6.07) is 4.29. The lowest BCUT2D eigenvalue weighted by molar-refractivity contribution is 0.0705. The van der Waals surface area contributed by atoms with Crippen molar-refractivity contribution >= 4 is 75.7 Å². The maximum atomic E-state index is 6.06. The van der Waals surface area contributed by atoms with Crippen molar-refractivity contribution in [2.45, 2.75) is 78.6 Å². The first-order valence-electron chi connectivity index (χ1n) is 11.8. The maximum absolute atomic E-state index is 6.06. The molecule has 0 aromatic carbocycles. The molecule has 0 radical (unpaired) electrons. The molecule has 0 spiro atoms. The van der Waals surface area contributed by atoms with Gasteiger partial charge in [-0.2, -0.15) is 0 Å². The molecule has 0 saturated carbocycles. The summed E-state index contributed by atoms with van der Waals surface area (Å²) < 4.78 is 36.4. The van der Waals surface area contributed by atoms with Crippen molar-refractivity contribution in [2.24, 2.45) is 0 Å². The zero-order valence-corrected chi connectivity index (χ0v) is 29.5. The average molecular weight is 599 g/mol. The van der Waals surface area contributed by atoms with Gasteiger partial charge in [0, 0.05) is 61.5 Å². The third kappa shape index (κ3) is 13.9. The van der Waals surface area contributed by atoms with E-state index >= 15 is 0 Å². The van der Waals surface area contributed by atoms with Crippen LogP contribution in [0.15, 0.2) is 0 Å². The van der Waals surface area contributed by atoms with E-state index in [-0.39, 0.29) is 0 Å². The lowest BCUT2D eigenvalue weighted by Crippen LogP contribution is -2.47. The van der Waals surface area contributed by atoms with Crippen LogP contribution in [0.2, 0.25) is 24.2 Å². The van der Waals surface area contributed by atoms with Gasteiger partial charge in [-0.25, -0.2) is 0 Å². The molecule has 0 aliphatic carbocycles. The van der Waals surface area contributed by atoms with Crippen LogP contribution in [-0.4, -0.2) is 73.8 Å². The SMILES string of the molecule is CCO[Si](CCC[Si]([SiH3])(CCC[Si](OCC)(OCC)OCC)SSSS)(OCC)OCC. The van der Waals surface area contributed by atoms with Gasteiger partial charge in [0.2, 0.25) is 0 Å². The minimum Gasteiger partial charge on any atom is -0.374 e. The van der Waals surface area contributed by atoms with E-state index in [0.29, 0.717) is 39.6 Å². The fraction of sp³-hybridized carbons (Fsp3) is 1.00. The second kappa shape index (κ2) is 20.1. The van der Waals surface area contributed by atoms with Crippen LogP contribution in [0.5, 0.6) is 0 Å². The van der Waals surface area contributed by atoms with Gasteiger partial charge in [-0.1, -0.05) is 36.6 Å². The van der Waals surface area contributed by atoms with Gasteiger partial charge in [-0.15, -0.1) is 10.2 Å². The molecular formula is C18H46O6S4Si4. The summed E-state index contributed by atoms with van der Waals surface area (Å²) in [6.07, 6.45) is 2.19. The maximum Gasteiger partial charge on any atom is 0.500 e. The molecule has 194 valence electrons. The highest BCUT2D eigenvalue weighted by Gasteiger charge is 2.43. The number of hydrogen-bond donors (Lipinski definition) is 1. The Balaban J connectivity index is 5.11. The molecule has 0 aliphatic rings. The zero-order valence-electron chi connectivity index (χ0n) is 21.1. The second-order valence-electron chi connectivity index (χ2n) is 7.35. The average Bonchev–Trinajstić information content (AvgIpc) is 2.73. The van der Waals surface area contributed by atoms with Crippen molar-refractivity contribution in [1.29, 1.82) is 0 Å². The van der Waals surface area contributed by atoms with Crippen LogP contribution in [0.1, 0.15) is 54.4 Å². The molecule has 14 heteroatoms. The monoisotopic (exact) mass is 598 g/mol. The normalized spacial score (nSPS) is 13.2. The third-order valence-electron chi connectivity index (χ3n) is 4.83. The van der Waals surface area contributed by atoms with E-state index in [1.165, 1.54) is 21.8 Å². The molecule has 0 aromatic rings. The van der Waals surface area contributed by atoms with Gasteiger partial charge in [0.25, 0.3) is 0 Å². The van der Waals surface area contributed by atoms with Crippen molar-refractivity contribution < 1.29 is 26.6 Å². The molecule has 0 fully saturated rings. The smallest absolute Gasteiger partial charge is 0.374 e. The van der Waals surface area contributed by atoms with Crippen LogP contribution >= 0.6 is 41.6 Å². The Bertz CT molecular complexity index is 394. The van der Waals surface area contributed by atoms with E-state index in [0.717, 1.165) is 24.9 Å². The van der Waals surface area contributed by atoms with Gasteiger partial charge in [0.1, 0.15) is 6.74 Å². The first-order valence-corrected chi connectivity index (χ1v) is 26.9. The minimum absolute atomic E-state index is 0.634. The standard InChI is InChI=1S/C18H46O6S4Si4/c1-7-19-31(20-8-2,21-9-3)17-13-15-30(29,28-27-26-25)16-14-18-32(22-10-4,23-11-5)24-12-6/h25H,7-18H2,1-6,29H3. The van der Waals surface area contributed by atoms with Crippen LogP contribution in [0, 0.1) is 0 Å². The zero-order chi connectivity index (χ0) is 24.3. The highest BCUT2D eigenvalue weighted by Crippen LogP contribution is 2.46. The largest absolute Gasteiger partial charge is 0.500 e. The molecule has 0 unspecified atom stereocenters. The quantitative estimate of drug-likeness (QED) is 0.0927. The summed E-state index contributed by atoms with van der Waals surface area (Å²) in [4.78, 5) is 0. The molecule has 32 heavy (non-hydrogen) atoms. The molecule has 0 bridgehead atoms. The van der Waals surface area contributed by atoms with E-state index in [1.807, 2.05) is 51.4 Å². The Morgan fingerprint density at radius 2 is 0.906 bits per heavy atom. The topological polar surface area (TPSA) is 55.4 Å². The van der Waals surface area contributed by atoms with Gasteiger partial charge in [-0.3, -0.25) is 0 Å². The Kier molecular flexibility index (Phi) is 21.4. The molecule has 0 N–H and O–H groups in total. The second-order valence-corrected chi connectivity index (χ2v) is 33.5. The van der Waals surface area contributed by atoms with Gasteiger partial charge in [0.15, 0.2) is 0 Å². The summed E-state index contributed by atoms with van der Waals surface area (Å²) >= 11 is 4.36. The molecular weight excluding hydrogens is 553 g/mol. The fourth-order valence-electron chi connectivity index (χ4n) is 3.67. The van der Waals surface area contributed by atoms with E-state index in [2.05, 4.69) is 21.9 Å². The molecule has 0 amide bonds. The van der Waals surface area contributed by atoms with Crippen molar-refractivity contribution in [1.82, 2.24) is 0 Å². The molecule has 0 saturated heterocycles. The summed E-state index contributed by atoms with van der Waals surface area (Å²) in [5.74, 6) is 0. The molecule has 0 aromatic heterocycles. The molecule has 6 nitrogen and oxygen atoms in total. The Labute approximate surface area is 219 Å². The van der Waals surface area contributed by atoms with Gasteiger partial charge < -0.3 is 26.6 Å². The minimum atomic E-state index is -2.57. The lowest BCUT2D eigenvalue weighted by atomic mass is 10.6. The predicted molar refractivity (Wildman–Crippen MR) is 157 cm³/mol. The van der Waals surface area contributed by atoms with E-state index < -0.39 is 24.3 Å². The van der Waals surface area contributed by atoms with E-state index in [9.17, 15) is 0 Å². The van der Waals surface area contributed by atoms with Crippen LogP contribution in [-0.2, 0) is 26.6 Å². The van der Waals surface area contributed by atoms with Crippen molar-refractivity contribution in [3.05, 3.63) is 0 Å². The number of hydrogen-bond acceptors (Lipinski definition) is 10. The summed E-state index contributed by atoms with van der Waals surface area (Å²) in [5, 5.41) is 0. The van der Waals surface area contributed by atoms with Crippen LogP contribution in [0.25, 0.3) is 0 Å². The van der Waals surface area contributed by atoms with Crippen molar-refractivity contribution in [2.75, 3.05) is 39.6 Å². The van der Waals surface area contributed by atoms with Crippen molar-refractivity contribution in [3.63, 3.8) is 0 Å². The van der Waals surface area contributed by atoms with E-state index in [4.69, 9.17) is 26.6 Å². The highest BCUT2D eigenvalue weighted by atomic mass is 33.7. The van der Waals surface area contributed by atoms with Crippen LogP contribution < -0.4 is 0 Å². The fourth-order valence-corrected chi connectivity index (χ4v) is 32.6. The summed E-state index contributed by atoms with van der Waals surface area (Å²) in [5.41, 5.74) is 0. The molecule has 0 aliphatic heterocycles. The first kappa shape index (κ1) is 34.0. The highest BCUT2D eigenvalue weighted by molar-refractivity contribution is 9.27. The van der Waals surface area contributed by atoms with Gasteiger partial charge in [0.05, 0.1) is 0 Å². The summed E-state index contributed by atoms with van der Waals surface area (Å²) in [6.45, 7) is 14.5. The van der Waals surface area contributed by atoms with Gasteiger partial charge in [-0.05, 0) is 61.2 Å². The Hall–Kier alpha value is 2.03. The van der Waals surface area contributed by atoms with Crippen molar-refractivity contribution in [3.8, 4) is 0 Å². The van der Waals surface area contributed by atoms with Crippen LogP contribution in [0.3, 0.4) is 0 Å². The van der Waals surface area contributed by atoms with E-state index in [1.54, 1.807) is 9.83 Å². The Morgan fingerprint density at radius 3 is 1.16 bits per heavy atom. The molecule has 0 rings (SSSR count). The Morgan fingerprint density at radius 1 is 0.594 bits per heavy atom. The molecule has 0 heterocycles. The third-order valence-corrected chi connectivity index (χ3v) is 33.1.